The fraction of sp³-hybridized carbons (Fsp3) is 0.364. The van der Waals surface area contributed by atoms with E-state index in [2.05, 4.69) is 0 Å². The number of nitrogens with two attached hydrogens (primary N) is 1. The average Bonchev–Trinajstić information content (AvgIpc) is 2.65. The van der Waals surface area contributed by atoms with E-state index in [1.807, 2.05) is 24.3 Å². The lowest BCUT2D eigenvalue weighted by atomic mass is 10.2. The van der Waals surface area contributed by atoms with Crippen LogP contribution >= 0.6 is 0 Å². The summed E-state index contributed by atoms with van der Waals surface area (Å²) < 4.78 is 10.3. The monoisotopic (exact) mass is 207 g/mol. The third-order valence-electron chi connectivity index (χ3n) is 2.30. The molecule has 80 valence electrons. The van der Waals surface area contributed by atoms with Crippen molar-refractivity contribution in [3.8, 4) is 5.75 Å². The minimum atomic E-state index is -0.460. The highest BCUT2D eigenvalue weighted by Crippen LogP contribution is 2.18. The predicted molar refractivity (Wildman–Crippen MR) is 54.3 cm³/mol. The summed E-state index contributed by atoms with van der Waals surface area (Å²) in [6, 6.07) is 7.42. The maximum absolute atomic E-state index is 11.2. The van der Waals surface area contributed by atoms with E-state index in [0.717, 1.165) is 5.56 Å². The topological polar surface area (TPSA) is 61.6 Å². The number of ether oxygens (including phenoxy) is 2. The normalized spacial score (nSPS) is 20.1. The molecule has 0 amide bonds. The summed E-state index contributed by atoms with van der Waals surface area (Å²) in [6.45, 7) is 0.909. The number of carbonyl (C=O) groups is 1. The quantitative estimate of drug-likeness (QED) is 0.746. The van der Waals surface area contributed by atoms with Crippen molar-refractivity contribution in [1.82, 2.24) is 0 Å². The molecule has 2 rings (SSSR count). The lowest BCUT2D eigenvalue weighted by molar-refractivity contribution is -0.143. The Bertz CT molecular complexity index is 365. The van der Waals surface area contributed by atoms with Gasteiger partial charge in [-0.2, -0.15) is 0 Å². The Labute approximate surface area is 88.0 Å². The first-order chi connectivity index (χ1) is 7.29. The second kappa shape index (κ2) is 4.31. The van der Waals surface area contributed by atoms with Gasteiger partial charge in [-0.05, 0) is 17.7 Å². The number of hydrogen-bond donors (Lipinski definition) is 1. The molecule has 4 nitrogen and oxygen atoms in total. The number of benzene rings is 1. The second-order valence-corrected chi connectivity index (χ2v) is 3.41. The molecule has 1 heterocycles. The zero-order chi connectivity index (χ0) is 10.7. The van der Waals surface area contributed by atoms with Gasteiger partial charge in [0.05, 0.1) is 6.61 Å². The van der Waals surface area contributed by atoms with E-state index >= 15 is 0 Å². The van der Waals surface area contributed by atoms with Crippen LogP contribution in [-0.4, -0.2) is 18.7 Å². The molecule has 1 aliphatic rings. The summed E-state index contributed by atoms with van der Waals surface area (Å²) in [6.07, 6.45) is 0.157. The van der Waals surface area contributed by atoms with Gasteiger partial charge < -0.3 is 15.2 Å². The van der Waals surface area contributed by atoms with E-state index in [9.17, 15) is 4.79 Å². The van der Waals surface area contributed by atoms with Crippen LogP contribution in [0.1, 0.15) is 12.0 Å². The Hall–Kier alpha value is -1.55. The smallest absolute Gasteiger partial charge is 0.347 e. The molecule has 2 N–H and O–H groups in total. The Morgan fingerprint density at radius 3 is 3.07 bits per heavy atom. The number of esters is 1. The van der Waals surface area contributed by atoms with Gasteiger partial charge in [-0.25, -0.2) is 4.79 Å². The molecule has 1 saturated heterocycles. The van der Waals surface area contributed by atoms with Crippen LogP contribution in [0, 0.1) is 0 Å². The predicted octanol–water partition coefficient (Wildman–Crippen LogP) is 0.840. The molecule has 0 radical (unpaired) electrons. The van der Waals surface area contributed by atoms with Gasteiger partial charge in [0.2, 0.25) is 0 Å². The second-order valence-electron chi connectivity index (χ2n) is 3.41. The first-order valence-corrected chi connectivity index (χ1v) is 4.92. The van der Waals surface area contributed by atoms with Gasteiger partial charge in [0.1, 0.15) is 5.75 Å². The van der Waals surface area contributed by atoms with Crippen molar-refractivity contribution in [1.29, 1.82) is 0 Å². The number of hydrogen-bond acceptors (Lipinski definition) is 4. The summed E-state index contributed by atoms with van der Waals surface area (Å²) in [4.78, 5) is 11.2. The molecule has 4 heteroatoms. The first-order valence-electron chi connectivity index (χ1n) is 4.92. The summed E-state index contributed by atoms with van der Waals surface area (Å²) in [7, 11) is 0. The van der Waals surface area contributed by atoms with E-state index in [0.29, 0.717) is 25.3 Å². The fourth-order valence-electron chi connectivity index (χ4n) is 1.49. The Kier molecular flexibility index (Phi) is 2.87. The van der Waals surface area contributed by atoms with Crippen LogP contribution < -0.4 is 10.5 Å². The molecule has 0 bridgehead atoms. The van der Waals surface area contributed by atoms with Crippen molar-refractivity contribution < 1.29 is 14.3 Å². The molecular weight excluding hydrogens is 194 g/mol. The van der Waals surface area contributed by atoms with Gasteiger partial charge >= 0.3 is 5.97 Å². The number of rotatable bonds is 3. The number of carbonyl (C=O) groups excluding carboxylic acids is 1. The van der Waals surface area contributed by atoms with Crippen LogP contribution in [0.4, 0.5) is 0 Å². The highest BCUT2D eigenvalue weighted by molar-refractivity contribution is 5.76. The standard InChI is InChI=1S/C11H13NO3/c12-7-8-2-1-3-9(6-8)15-10-4-5-14-11(10)13/h1-3,6,10H,4-5,7,12H2. The van der Waals surface area contributed by atoms with Crippen molar-refractivity contribution in [2.24, 2.45) is 5.73 Å². The fourth-order valence-corrected chi connectivity index (χ4v) is 1.49. The van der Waals surface area contributed by atoms with Gasteiger partial charge in [-0.15, -0.1) is 0 Å². The summed E-state index contributed by atoms with van der Waals surface area (Å²) in [5, 5.41) is 0. The van der Waals surface area contributed by atoms with Gasteiger partial charge in [-0.3, -0.25) is 0 Å². The van der Waals surface area contributed by atoms with Gasteiger partial charge in [0.15, 0.2) is 6.10 Å². The lowest BCUT2D eigenvalue weighted by Crippen LogP contribution is -2.21. The molecule has 0 spiro atoms. The van der Waals surface area contributed by atoms with Crippen molar-refractivity contribution in [2.75, 3.05) is 6.61 Å². The van der Waals surface area contributed by atoms with Crippen molar-refractivity contribution in [2.45, 2.75) is 19.1 Å². The zero-order valence-electron chi connectivity index (χ0n) is 8.31. The van der Waals surface area contributed by atoms with Gasteiger partial charge in [0, 0.05) is 13.0 Å². The van der Waals surface area contributed by atoms with E-state index in [-0.39, 0.29) is 5.97 Å². The molecule has 1 atom stereocenters. The molecule has 1 aromatic rings. The molecule has 0 aromatic heterocycles. The van der Waals surface area contributed by atoms with Gasteiger partial charge in [0.25, 0.3) is 0 Å². The van der Waals surface area contributed by atoms with E-state index in [1.165, 1.54) is 0 Å². The third-order valence-corrected chi connectivity index (χ3v) is 2.30. The molecule has 0 saturated carbocycles. The third kappa shape index (κ3) is 2.27. The summed E-state index contributed by atoms with van der Waals surface area (Å²) in [5.41, 5.74) is 6.49. The maximum atomic E-state index is 11.2. The van der Waals surface area contributed by atoms with Crippen molar-refractivity contribution in [3.05, 3.63) is 29.8 Å². The summed E-state index contributed by atoms with van der Waals surface area (Å²) >= 11 is 0. The summed E-state index contributed by atoms with van der Waals surface area (Å²) in [5.74, 6) is 0.384. The Morgan fingerprint density at radius 2 is 2.40 bits per heavy atom. The van der Waals surface area contributed by atoms with E-state index in [1.54, 1.807) is 0 Å². The minimum Gasteiger partial charge on any atom is -0.479 e. The Morgan fingerprint density at radius 1 is 1.53 bits per heavy atom. The molecule has 1 unspecified atom stereocenters. The van der Waals surface area contributed by atoms with Gasteiger partial charge in [-0.1, -0.05) is 12.1 Å². The average molecular weight is 207 g/mol. The molecule has 1 aliphatic heterocycles. The van der Waals surface area contributed by atoms with Crippen molar-refractivity contribution in [3.63, 3.8) is 0 Å². The molecule has 15 heavy (non-hydrogen) atoms. The molecule has 1 aromatic carbocycles. The minimum absolute atomic E-state index is 0.284. The van der Waals surface area contributed by atoms with Crippen LogP contribution in [-0.2, 0) is 16.1 Å². The highest BCUT2D eigenvalue weighted by Gasteiger charge is 2.28. The van der Waals surface area contributed by atoms with Crippen molar-refractivity contribution >= 4 is 5.97 Å². The zero-order valence-corrected chi connectivity index (χ0v) is 8.31. The lowest BCUT2D eigenvalue weighted by Gasteiger charge is -2.10. The maximum Gasteiger partial charge on any atom is 0.347 e. The van der Waals surface area contributed by atoms with E-state index < -0.39 is 6.10 Å². The Balaban J connectivity index is 2.06. The highest BCUT2D eigenvalue weighted by atomic mass is 16.6. The van der Waals surface area contributed by atoms with Crippen LogP contribution in [0.25, 0.3) is 0 Å². The van der Waals surface area contributed by atoms with Crippen LogP contribution in [0.5, 0.6) is 5.75 Å². The number of cyclic esters (lactones) is 1. The van der Waals surface area contributed by atoms with Crippen LogP contribution in [0.2, 0.25) is 0 Å². The largest absolute Gasteiger partial charge is 0.479 e. The molecular formula is C11H13NO3. The SMILES string of the molecule is NCc1cccc(OC2CCOC2=O)c1. The molecule has 1 fully saturated rings. The first kappa shape index (κ1) is 9.98. The van der Waals surface area contributed by atoms with E-state index in [4.69, 9.17) is 15.2 Å². The molecule has 0 aliphatic carbocycles. The van der Waals surface area contributed by atoms with Crippen LogP contribution in [0.15, 0.2) is 24.3 Å². The van der Waals surface area contributed by atoms with Crippen LogP contribution in [0.3, 0.4) is 0 Å².